The number of carbonyl (C=O) groups excluding carboxylic acids is 1. The molecule has 1 fully saturated rings. The molecule has 1 aliphatic heterocycles. The van der Waals surface area contributed by atoms with E-state index in [1.165, 1.54) is 12.1 Å². The summed E-state index contributed by atoms with van der Waals surface area (Å²) in [5.41, 5.74) is 0.988. The highest BCUT2D eigenvalue weighted by molar-refractivity contribution is 7.92. The van der Waals surface area contributed by atoms with Crippen molar-refractivity contribution < 1.29 is 13.2 Å². The van der Waals surface area contributed by atoms with Crippen molar-refractivity contribution in [3.63, 3.8) is 0 Å². The molecule has 1 aliphatic rings. The lowest BCUT2D eigenvalue weighted by Gasteiger charge is -2.20. The van der Waals surface area contributed by atoms with Crippen molar-refractivity contribution in [3.8, 4) is 0 Å². The SMILES string of the molecule is Cl.O=C(c1ccc(NS(=O)(=O)c2ccccc2)cc1)N1CCCNCC1. The predicted molar refractivity (Wildman–Crippen MR) is 104 cm³/mol. The molecule has 1 saturated heterocycles. The molecule has 0 saturated carbocycles. The zero-order valence-electron chi connectivity index (χ0n) is 14.2. The van der Waals surface area contributed by atoms with Crippen molar-refractivity contribution >= 4 is 34.0 Å². The third kappa shape index (κ3) is 4.97. The van der Waals surface area contributed by atoms with Crippen LogP contribution in [-0.4, -0.2) is 45.4 Å². The maximum atomic E-state index is 12.5. The van der Waals surface area contributed by atoms with Gasteiger partial charge in [0.2, 0.25) is 0 Å². The fourth-order valence-corrected chi connectivity index (χ4v) is 3.81. The number of hydrogen-bond acceptors (Lipinski definition) is 4. The van der Waals surface area contributed by atoms with Gasteiger partial charge in [0.15, 0.2) is 0 Å². The van der Waals surface area contributed by atoms with Gasteiger partial charge in [0, 0.05) is 30.9 Å². The van der Waals surface area contributed by atoms with Crippen LogP contribution in [0.25, 0.3) is 0 Å². The number of amides is 1. The van der Waals surface area contributed by atoms with E-state index in [4.69, 9.17) is 0 Å². The van der Waals surface area contributed by atoms with Gasteiger partial charge in [0.05, 0.1) is 4.90 Å². The van der Waals surface area contributed by atoms with E-state index in [2.05, 4.69) is 10.0 Å². The van der Waals surface area contributed by atoms with Crippen LogP contribution in [0.3, 0.4) is 0 Å². The van der Waals surface area contributed by atoms with E-state index in [9.17, 15) is 13.2 Å². The van der Waals surface area contributed by atoms with Gasteiger partial charge in [-0.05, 0) is 49.4 Å². The molecule has 0 atom stereocenters. The van der Waals surface area contributed by atoms with Crippen LogP contribution in [0.1, 0.15) is 16.8 Å². The lowest BCUT2D eigenvalue weighted by Crippen LogP contribution is -2.34. The Kier molecular flexibility index (Phi) is 7.02. The number of rotatable bonds is 4. The molecule has 0 aliphatic carbocycles. The smallest absolute Gasteiger partial charge is 0.261 e. The molecule has 0 aromatic heterocycles. The summed E-state index contributed by atoms with van der Waals surface area (Å²) in [4.78, 5) is 14.6. The van der Waals surface area contributed by atoms with Gasteiger partial charge in [0.1, 0.15) is 0 Å². The highest BCUT2D eigenvalue weighted by atomic mass is 35.5. The first-order valence-electron chi connectivity index (χ1n) is 8.24. The third-order valence-corrected chi connectivity index (χ3v) is 5.46. The molecule has 2 aromatic rings. The lowest BCUT2D eigenvalue weighted by atomic mass is 10.2. The summed E-state index contributed by atoms with van der Waals surface area (Å²) in [7, 11) is -3.63. The first-order chi connectivity index (χ1) is 12.1. The topological polar surface area (TPSA) is 78.5 Å². The Morgan fingerprint density at radius 2 is 1.65 bits per heavy atom. The monoisotopic (exact) mass is 395 g/mol. The Balaban J connectivity index is 0.00000243. The second-order valence-corrected chi connectivity index (χ2v) is 7.57. The van der Waals surface area contributed by atoms with E-state index in [-0.39, 0.29) is 23.2 Å². The molecular formula is C18H22ClN3O3S. The molecule has 26 heavy (non-hydrogen) atoms. The second-order valence-electron chi connectivity index (χ2n) is 5.89. The van der Waals surface area contributed by atoms with Gasteiger partial charge >= 0.3 is 0 Å². The Morgan fingerprint density at radius 3 is 2.35 bits per heavy atom. The number of anilines is 1. The van der Waals surface area contributed by atoms with Gasteiger partial charge < -0.3 is 10.2 Å². The minimum Gasteiger partial charge on any atom is -0.337 e. The lowest BCUT2D eigenvalue weighted by molar-refractivity contribution is 0.0766. The van der Waals surface area contributed by atoms with Crippen molar-refractivity contribution in [1.82, 2.24) is 10.2 Å². The van der Waals surface area contributed by atoms with Crippen LogP contribution >= 0.6 is 12.4 Å². The average Bonchev–Trinajstić information content (AvgIpc) is 2.92. The van der Waals surface area contributed by atoms with Crippen molar-refractivity contribution in [2.24, 2.45) is 0 Å². The molecule has 0 bridgehead atoms. The van der Waals surface area contributed by atoms with E-state index in [1.807, 2.05) is 4.90 Å². The largest absolute Gasteiger partial charge is 0.337 e. The molecule has 8 heteroatoms. The van der Waals surface area contributed by atoms with E-state index in [1.54, 1.807) is 42.5 Å². The van der Waals surface area contributed by atoms with Crippen LogP contribution in [-0.2, 0) is 10.0 Å². The molecule has 3 rings (SSSR count). The Labute approximate surface area is 160 Å². The van der Waals surface area contributed by atoms with Crippen molar-refractivity contribution in [2.75, 3.05) is 30.9 Å². The standard InChI is InChI=1S/C18H21N3O3S.ClH/c22-18(21-13-4-11-19-12-14-21)15-7-9-16(10-8-15)20-25(23,24)17-5-2-1-3-6-17;/h1-3,5-10,19-20H,4,11-14H2;1H. The Bertz CT molecular complexity index is 819. The number of sulfonamides is 1. The minimum absolute atomic E-state index is 0. The summed E-state index contributed by atoms with van der Waals surface area (Å²) in [6.07, 6.45) is 0.931. The number of nitrogens with zero attached hydrogens (tertiary/aromatic N) is 1. The summed E-state index contributed by atoms with van der Waals surface area (Å²) < 4.78 is 27.2. The number of benzene rings is 2. The number of carbonyl (C=O) groups is 1. The molecule has 0 spiro atoms. The van der Waals surface area contributed by atoms with E-state index < -0.39 is 10.0 Å². The molecule has 0 unspecified atom stereocenters. The molecule has 2 aromatic carbocycles. The van der Waals surface area contributed by atoms with Crippen molar-refractivity contribution in [1.29, 1.82) is 0 Å². The van der Waals surface area contributed by atoms with E-state index >= 15 is 0 Å². The van der Waals surface area contributed by atoms with Gasteiger partial charge in [-0.3, -0.25) is 9.52 Å². The summed E-state index contributed by atoms with van der Waals surface area (Å²) in [6, 6.07) is 14.7. The zero-order chi connectivity index (χ0) is 17.7. The summed E-state index contributed by atoms with van der Waals surface area (Å²) in [6.45, 7) is 3.13. The van der Waals surface area contributed by atoms with Crippen molar-refractivity contribution in [2.45, 2.75) is 11.3 Å². The fourth-order valence-electron chi connectivity index (χ4n) is 2.73. The molecule has 1 amide bonds. The van der Waals surface area contributed by atoms with Gasteiger partial charge in [-0.15, -0.1) is 12.4 Å². The highest BCUT2D eigenvalue weighted by Crippen LogP contribution is 2.17. The molecule has 2 N–H and O–H groups in total. The average molecular weight is 396 g/mol. The van der Waals surface area contributed by atoms with E-state index in [0.717, 1.165) is 26.1 Å². The minimum atomic E-state index is -3.63. The first-order valence-corrected chi connectivity index (χ1v) is 9.72. The van der Waals surface area contributed by atoms with Crippen LogP contribution in [0.4, 0.5) is 5.69 Å². The number of hydrogen-bond donors (Lipinski definition) is 2. The van der Waals surface area contributed by atoms with Crippen LogP contribution in [0.5, 0.6) is 0 Å². The molecular weight excluding hydrogens is 374 g/mol. The second kappa shape index (κ2) is 9.02. The Hall–Kier alpha value is -2.09. The van der Waals surface area contributed by atoms with Gasteiger partial charge in [0.25, 0.3) is 15.9 Å². The maximum Gasteiger partial charge on any atom is 0.261 e. The summed E-state index contributed by atoms with van der Waals surface area (Å²) in [5.74, 6) is -0.0267. The predicted octanol–water partition coefficient (Wildman–Crippen LogP) is 2.34. The van der Waals surface area contributed by atoms with Gasteiger partial charge in [-0.1, -0.05) is 18.2 Å². The maximum absolute atomic E-state index is 12.5. The summed E-state index contributed by atoms with van der Waals surface area (Å²) >= 11 is 0. The van der Waals surface area contributed by atoms with Crippen LogP contribution < -0.4 is 10.0 Å². The van der Waals surface area contributed by atoms with E-state index in [0.29, 0.717) is 17.8 Å². The van der Waals surface area contributed by atoms with Crippen LogP contribution in [0.2, 0.25) is 0 Å². The van der Waals surface area contributed by atoms with Gasteiger partial charge in [-0.2, -0.15) is 0 Å². The molecule has 1 heterocycles. The van der Waals surface area contributed by atoms with Crippen LogP contribution in [0, 0.1) is 0 Å². The Morgan fingerprint density at radius 1 is 0.962 bits per heavy atom. The van der Waals surface area contributed by atoms with Crippen LogP contribution in [0.15, 0.2) is 59.5 Å². The highest BCUT2D eigenvalue weighted by Gasteiger charge is 2.18. The molecule has 6 nitrogen and oxygen atoms in total. The first kappa shape index (κ1) is 20.2. The normalized spacial score (nSPS) is 14.8. The third-order valence-electron chi connectivity index (χ3n) is 4.06. The number of nitrogens with one attached hydrogen (secondary N) is 2. The molecule has 0 radical (unpaired) electrons. The van der Waals surface area contributed by atoms with Crippen molar-refractivity contribution in [3.05, 3.63) is 60.2 Å². The van der Waals surface area contributed by atoms with Gasteiger partial charge in [-0.25, -0.2) is 8.42 Å². The zero-order valence-corrected chi connectivity index (χ0v) is 15.9. The quantitative estimate of drug-likeness (QED) is 0.832. The fraction of sp³-hybridized carbons (Fsp3) is 0.278. The summed E-state index contributed by atoms with van der Waals surface area (Å²) in [5, 5.41) is 3.26. The molecule has 140 valence electrons. The number of halogens is 1.